The second-order valence-electron chi connectivity index (χ2n) is 7.97. The molecule has 0 saturated heterocycles. The van der Waals surface area contributed by atoms with Crippen LogP contribution in [0.4, 0.5) is 0 Å². The first-order chi connectivity index (χ1) is 13.1. The van der Waals surface area contributed by atoms with Crippen LogP contribution in [0.25, 0.3) is 33.2 Å². The molecule has 0 amide bonds. The molecule has 0 saturated carbocycles. The van der Waals surface area contributed by atoms with Gasteiger partial charge in [-0.15, -0.1) is 0 Å². The molecule has 4 aromatic rings. The molecule has 1 N–H and O–H groups in total. The summed E-state index contributed by atoms with van der Waals surface area (Å²) >= 11 is 0. The van der Waals surface area contributed by atoms with E-state index in [-0.39, 0.29) is 5.41 Å². The first-order valence-electron chi connectivity index (χ1n) is 9.87. The average molecular weight is 354 g/mol. The van der Waals surface area contributed by atoms with Crippen molar-refractivity contribution in [3.8, 4) is 22.3 Å². The Hall–Kier alpha value is -2.80. The van der Waals surface area contributed by atoms with E-state index in [1.54, 1.807) is 0 Å². The molecule has 0 atom stereocenters. The lowest BCUT2D eigenvalue weighted by atomic mass is 9.76. The molecule has 136 valence electrons. The second kappa shape index (κ2) is 7.08. The van der Waals surface area contributed by atoms with Crippen LogP contribution in [0.2, 0.25) is 0 Å². The fourth-order valence-electron chi connectivity index (χ4n) is 4.32. The standard InChI is InChI=1S/C26H27N/c1-4-17-26(2,3)24-15-9-7-13-21(24)19-11-5-6-12-20(19)23-18-27-25-16-10-8-14-22(23)25/h5-16,18,27H,4,17H2,1-3H3. The Bertz CT molecular complexity index is 1070. The van der Waals surface area contributed by atoms with Gasteiger partial charge in [-0.1, -0.05) is 93.9 Å². The van der Waals surface area contributed by atoms with E-state index in [0.29, 0.717) is 0 Å². The molecule has 0 bridgehead atoms. The highest BCUT2D eigenvalue weighted by Gasteiger charge is 2.24. The van der Waals surface area contributed by atoms with Gasteiger partial charge in [0.15, 0.2) is 0 Å². The smallest absolute Gasteiger partial charge is 0.0460 e. The first kappa shape index (κ1) is 17.6. The Morgan fingerprint density at radius 1 is 0.704 bits per heavy atom. The number of rotatable bonds is 5. The number of fused-ring (bicyclic) bond motifs is 1. The van der Waals surface area contributed by atoms with E-state index in [1.807, 2.05) is 0 Å². The highest BCUT2D eigenvalue weighted by atomic mass is 14.7. The molecular formula is C26H27N. The van der Waals surface area contributed by atoms with Crippen molar-refractivity contribution in [3.05, 3.63) is 84.6 Å². The van der Waals surface area contributed by atoms with Gasteiger partial charge >= 0.3 is 0 Å². The number of hydrogen-bond donors (Lipinski definition) is 1. The fraction of sp³-hybridized carbons (Fsp3) is 0.231. The van der Waals surface area contributed by atoms with Gasteiger partial charge in [0.25, 0.3) is 0 Å². The average Bonchev–Trinajstić information content (AvgIpc) is 3.12. The summed E-state index contributed by atoms with van der Waals surface area (Å²) in [4.78, 5) is 3.43. The Labute approximate surface area is 162 Å². The van der Waals surface area contributed by atoms with Crippen LogP contribution in [0, 0.1) is 0 Å². The molecule has 0 fully saturated rings. The number of hydrogen-bond acceptors (Lipinski definition) is 0. The largest absolute Gasteiger partial charge is 0.361 e. The van der Waals surface area contributed by atoms with Crippen molar-refractivity contribution >= 4 is 10.9 Å². The zero-order valence-electron chi connectivity index (χ0n) is 16.4. The highest BCUT2D eigenvalue weighted by molar-refractivity contribution is 6.00. The molecule has 27 heavy (non-hydrogen) atoms. The maximum atomic E-state index is 3.43. The Morgan fingerprint density at radius 2 is 1.30 bits per heavy atom. The minimum atomic E-state index is 0.151. The van der Waals surface area contributed by atoms with Crippen LogP contribution >= 0.6 is 0 Å². The molecule has 0 spiro atoms. The maximum absolute atomic E-state index is 3.43. The van der Waals surface area contributed by atoms with E-state index < -0.39 is 0 Å². The number of nitrogens with one attached hydrogen (secondary N) is 1. The number of aromatic nitrogens is 1. The summed E-state index contributed by atoms with van der Waals surface area (Å²) in [6.45, 7) is 7.00. The van der Waals surface area contributed by atoms with E-state index in [4.69, 9.17) is 0 Å². The number of benzene rings is 3. The summed E-state index contributed by atoms with van der Waals surface area (Å²) < 4.78 is 0. The molecule has 0 unspecified atom stereocenters. The molecule has 1 heteroatoms. The molecule has 0 radical (unpaired) electrons. The van der Waals surface area contributed by atoms with E-state index in [1.165, 1.54) is 51.6 Å². The molecule has 0 aliphatic heterocycles. The summed E-state index contributed by atoms with van der Waals surface area (Å²) in [5.41, 5.74) is 7.97. The maximum Gasteiger partial charge on any atom is 0.0460 e. The van der Waals surface area contributed by atoms with Crippen LogP contribution in [0.1, 0.15) is 39.2 Å². The summed E-state index contributed by atoms with van der Waals surface area (Å²) in [5.74, 6) is 0. The van der Waals surface area contributed by atoms with Crippen LogP contribution in [0.5, 0.6) is 0 Å². The van der Waals surface area contributed by atoms with Gasteiger partial charge in [0.2, 0.25) is 0 Å². The molecule has 4 rings (SSSR count). The Morgan fingerprint density at radius 3 is 2.04 bits per heavy atom. The fourth-order valence-corrected chi connectivity index (χ4v) is 4.32. The molecule has 1 nitrogen and oxygen atoms in total. The third-order valence-corrected chi connectivity index (χ3v) is 5.63. The molecular weight excluding hydrogens is 326 g/mol. The molecule has 0 aliphatic rings. The zero-order valence-corrected chi connectivity index (χ0v) is 16.4. The van der Waals surface area contributed by atoms with E-state index in [0.717, 1.165) is 0 Å². The van der Waals surface area contributed by atoms with Crippen molar-refractivity contribution in [1.82, 2.24) is 4.98 Å². The lowest BCUT2D eigenvalue weighted by molar-refractivity contribution is 0.474. The van der Waals surface area contributed by atoms with Crippen LogP contribution in [-0.4, -0.2) is 4.98 Å². The van der Waals surface area contributed by atoms with Gasteiger partial charge in [0.1, 0.15) is 0 Å². The SMILES string of the molecule is CCCC(C)(C)c1ccccc1-c1ccccc1-c1c[nH]c2ccccc12. The lowest BCUT2D eigenvalue weighted by Gasteiger charge is -2.28. The van der Waals surface area contributed by atoms with Crippen LogP contribution < -0.4 is 0 Å². The summed E-state index contributed by atoms with van der Waals surface area (Å²) in [5, 5.41) is 1.27. The number of aromatic amines is 1. The van der Waals surface area contributed by atoms with Crippen molar-refractivity contribution in [2.24, 2.45) is 0 Å². The zero-order chi connectivity index (χ0) is 18.9. The lowest BCUT2D eigenvalue weighted by Crippen LogP contribution is -2.17. The molecule has 1 heterocycles. The number of para-hydroxylation sites is 1. The monoisotopic (exact) mass is 353 g/mol. The topological polar surface area (TPSA) is 15.8 Å². The van der Waals surface area contributed by atoms with Crippen molar-refractivity contribution in [3.63, 3.8) is 0 Å². The quantitative estimate of drug-likeness (QED) is 0.380. The van der Waals surface area contributed by atoms with E-state index in [2.05, 4.69) is 105 Å². The summed E-state index contributed by atoms with van der Waals surface area (Å²) in [6.07, 6.45) is 4.51. The molecule has 0 aliphatic carbocycles. The first-order valence-corrected chi connectivity index (χ1v) is 9.87. The van der Waals surface area contributed by atoms with Crippen molar-refractivity contribution in [2.75, 3.05) is 0 Å². The van der Waals surface area contributed by atoms with Gasteiger partial charge < -0.3 is 4.98 Å². The normalized spacial score (nSPS) is 11.8. The van der Waals surface area contributed by atoms with E-state index >= 15 is 0 Å². The van der Waals surface area contributed by atoms with Crippen molar-refractivity contribution < 1.29 is 0 Å². The van der Waals surface area contributed by atoms with Gasteiger partial charge in [0, 0.05) is 22.7 Å². The van der Waals surface area contributed by atoms with Gasteiger partial charge in [0.05, 0.1) is 0 Å². The highest BCUT2D eigenvalue weighted by Crippen LogP contribution is 2.41. The molecule has 1 aromatic heterocycles. The van der Waals surface area contributed by atoms with Gasteiger partial charge in [-0.25, -0.2) is 0 Å². The second-order valence-corrected chi connectivity index (χ2v) is 7.97. The number of H-pyrrole nitrogens is 1. The van der Waals surface area contributed by atoms with Crippen LogP contribution in [0.3, 0.4) is 0 Å². The Balaban J connectivity index is 1.94. The van der Waals surface area contributed by atoms with E-state index in [9.17, 15) is 0 Å². The Kier molecular flexibility index (Phi) is 4.61. The van der Waals surface area contributed by atoms with Gasteiger partial charge in [-0.3, -0.25) is 0 Å². The summed E-state index contributed by atoms with van der Waals surface area (Å²) in [7, 11) is 0. The van der Waals surface area contributed by atoms with Crippen LogP contribution in [0.15, 0.2) is 79.0 Å². The minimum Gasteiger partial charge on any atom is -0.361 e. The van der Waals surface area contributed by atoms with Crippen molar-refractivity contribution in [1.29, 1.82) is 0 Å². The predicted molar refractivity (Wildman–Crippen MR) is 117 cm³/mol. The third kappa shape index (κ3) is 3.19. The minimum absolute atomic E-state index is 0.151. The van der Waals surface area contributed by atoms with Crippen LogP contribution in [-0.2, 0) is 5.41 Å². The molecule has 3 aromatic carbocycles. The van der Waals surface area contributed by atoms with Gasteiger partial charge in [-0.2, -0.15) is 0 Å². The third-order valence-electron chi connectivity index (χ3n) is 5.63. The predicted octanol–water partition coefficient (Wildman–Crippen LogP) is 7.58. The summed E-state index contributed by atoms with van der Waals surface area (Å²) in [6, 6.07) is 26.2. The van der Waals surface area contributed by atoms with Gasteiger partial charge in [-0.05, 0) is 40.2 Å². The van der Waals surface area contributed by atoms with Crippen molar-refractivity contribution in [2.45, 2.75) is 39.0 Å².